The molecule has 3 aliphatic carbocycles. The molecule has 3 aromatic rings. The van der Waals surface area contributed by atoms with Gasteiger partial charge in [-0.15, -0.1) is 11.6 Å². The summed E-state index contributed by atoms with van der Waals surface area (Å²) in [6.45, 7) is 0. The molecular weight excluding hydrogens is 451 g/mol. The summed E-state index contributed by atoms with van der Waals surface area (Å²) in [5, 5.41) is 11.4. The van der Waals surface area contributed by atoms with Crippen LogP contribution in [0.2, 0.25) is 5.02 Å². The summed E-state index contributed by atoms with van der Waals surface area (Å²) >= 11 is 13.7. The number of non-ortho nitro benzene ring substituents is 1. The highest BCUT2D eigenvalue weighted by Crippen LogP contribution is 2.66. The van der Waals surface area contributed by atoms with Crippen LogP contribution in [-0.2, 0) is 14.5 Å². The predicted molar refractivity (Wildman–Crippen MR) is 119 cm³/mol. The van der Waals surface area contributed by atoms with E-state index in [1.54, 1.807) is 0 Å². The van der Waals surface area contributed by atoms with Crippen molar-refractivity contribution >= 4 is 46.4 Å². The minimum Gasteiger partial charge on any atom is -0.274 e. The van der Waals surface area contributed by atoms with Gasteiger partial charge in [-0.25, -0.2) is 4.90 Å². The predicted octanol–water partition coefficient (Wildman–Crippen LogP) is 5.00. The monoisotopic (exact) mass is 464 g/mol. The van der Waals surface area contributed by atoms with E-state index in [-0.39, 0.29) is 22.3 Å². The molecule has 1 saturated heterocycles. The van der Waals surface area contributed by atoms with E-state index >= 15 is 0 Å². The number of nitro groups is 1. The third kappa shape index (κ3) is 2.21. The van der Waals surface area contributed by atoms with Crippen LogP contribution in [0.1, 0.15) is 28.2 Å². The Morgan fingerprint density at radius 2 is 1.50 bits per heavy atom. The number of rotatable bonds is 2. The van der Waals surface area contributed by atoms with Crippen LogP contribution < -0.4 is 4.90 Å². The molecule has 3 aromatic carbocycles. The molecule has 0 aromatic heterocycles. The summed E-state index contributed by atoms with van der Waals surface area (Å²) in [6, 6.07) is 19.0. The topological polar surface area (TPSA) is 80.5 Å². The van der Waals surface area contributed by atoms with E-state index in [2.05, 4.69) is 0 Å². The second-order valence-corrected chi connectivity index (χ2v) is 9.28. The van der Waals surface area contributed by atoms with Gasteiger partial charge in [-0.2, -0.15) is 0 Å². The summed E-state index contributed by atoms with van der Waals surface area (Å²) in [5.74, 6) is -2.85. The standard InChI is InChI=1S/C24H14Cl2N2O4/c25-17-10-9-12(28(31)32)11-18(17)27-22(29)20-19-13-5-1-3-7-15(13)24(26,21(20)23(27)30)16-8-4-2-6-14(16)19/h1-11,19-21H/t19?,20-,21-,24?/m1/s1. The number of nitrogens with zero attached hydrogens (tertiary/aromatic N) is 2. The van der Waals surface area contributed by atoms with Crippen molar-refractivity contribution < 1.29 is 14.5 Å². The highest BCUT2D eigenvalue weighted by molar-refractivity contribution is 6.38. The van der Waals surface area contributed by atoms with Gasteiger partial charge < -0.3 is 0 Å². The van der Waals surface area contributed by atoms with E-state index in [0.29, 0.717) is 0 Å². The van der Waals surface area contributed by atoms with Crippen LogP contribution in [0.15, 0.2) is 66.7 Å². The van der Waals surface area contributed by atoms with Gasteiger partial charge in [0.15, 0.2) is 0 Å². The molecule has 0 saturated carbocycles. The Morgan fingerprint density at radius 3 is 2.09 bits per heavy atom. The first-order chi connectivity index (χ1) is 15.4. The van der Waals surface area contributed by atoms with Crippen molar-refractivity contribution in [1.82, 2.24) is 0 Å². The first-order valence-corrected chi connectivity index (χ1v) is 10.8. The Balaban J connectivity index is 1.60. The molecule has 8 heteroatoms. The molecule has 1 fully saturated rings. The van der Waals surface area contributed by atoms with Crippen LogP contribution in [-0.4, -0.2) is 16.7 Å². The number of benzene rings is 3. The minimum absolute atomic E-state index is 0.0121. The highest BCUT2D eigenvalue weighted by atomic mass is 35.5. The SMILES string of the molecule is O=C1[C@@H]2C3c4ccccc4C(Cl)(c4ccccc43)[C@H]2C(=O)N1c1cc([N+](=O)[O-])ccc1Cl. The summed E-state index contributed by atoms with van der Waals surface area (Å²) in [7, 11) is 0. The van der Waals surface area contributed by atoms with E-state index < -0.39 is 33.4 Å². The van der Waals surface area contributed by atoms with Crippen LogP contribution in [0, 0.1) is 22.0 Å². The largest absolute Gasteiger partial charge is 0.274 e. The van der Waals surface area contributed by atoms with Gasteiger partial charge >= 0.3 is 0 Å². The lowest BCUT2D eigenvalue weighted by molar-refractivity contribution is -0.384. The number of hydrogen-bond acceptors (Lipinski definition) is 4. The number of alkyl halides is 1. The molecule has 0 radical (unpaired) electrons. The maximum Gasteiger partial charge on any atom is 0.271 e. The Morgan fingerprint density at radius 1 is 0.906 bits per heavy atom. The highest BCUT2D eigenvalue weighted by Gasteiger charge is 2.68. The first-order valence-electron chi connectivity index (χ1n) is 10.0. The maximum absolute atomic E-state index is 13.8. The molecule has 7 rings (SSSR count). The fourth-order valence-corrected chi connectivity index (χ4v) is 6.48. The molecule has 0 unspecified atom stereocenters. The molecule has 2 atom stereocenters. The third-order valence-electron chi connectivity index (χ3n) is 6.90. The summed E-state index contributed by atoms with van der Waals surface area (Å²) in [4.78, 5) is 38.0. The number of carbonyl (C=O) groups excluding carboxylic acids is 2. The van der Waals surface area contributed by atoms with Crippen LogP contribution in [0.4, 0.5) is 11.4 Å². The lowest BCUT2D eigenvalue weighted by Gasteiger charge is -2.50. The molecule has 0 spiro atoms. The van der Waals surface area contributed by atoms with Gasteiger partial charge in [0.1, 0.15) is 4.87 Å². The lowest BCUT2D eigenvalue weighted by atomic mass is 9.54. The van der Waals surface area contributed by atoms with Crippen LogP contribution in [0.25, 0.3) is 0 Å². The number of imide groups is 1. The van der Waals surface area contributed by atoms with E-state index in [1.807, 2.05) is 48.5 Å². The molecule has 1 aliphatic heterocycles. The molecule has 4 aliphatic rings. The Kier molecular flexibility index (Phi) is 3.89. The van der Waals surface area contributed by atoms with Gasteiger partial charge in [0, 0.05) is 18.1 Å². The Labute approximate surface area is 192 Å². The van der Waals surface area contributed by atoms with E-state index in [1.165, 1.54) is 18.2 Å². The number of nitro benzene ring substituents is 1. The third-order valence-corrected chi connectivity index (χ3v) is 7.86. The minimum atomic E-state index is -1.22. The van der Waals surface area contributed by atoms with E-state index in [9.17, 15) is 19.7 Å². The fraction of sp³-hybridized carbons (Fsp3) is 0.167. The van der Waals surface area contributed by atoms with Crippen molar-refractivity contribution in [3.05, 3.63) is 104 Å². The number of halogens is 2. The second-order valence-electron chi connectivity index (χ2n) is 8.27. The molecule has 2 bridgehead atoms. The number of hydrogen-bond donors (Lipinski definition) is 0. The molecule has 32 heavy (non-hydrogen) atoms. The van der Waals surface area contributed by atoms with Crippen molar-refractivity contribution in [2.75, 3.05) is 4.90 Å². The maximum atomic E-state index is 13.8. The van der Waals surface area contributed by atoms with Gasteiger partial charge in [0.2, 0.25) is 11.8 Å². The zero-order valence-electron chi connectivity index (χ0n) is 16.4. The lowest BCUT2D eigenvalue weighted by Crippen LogP contribution is -2.50. The number of amides is 2. The van der Waals surface area contributed by atoms with E-state index in [4.69, 9.17) is 23.2 Å². The van der Waals surface area contributed by atoms with Crippen LogP contribution >= 0.6 is 23.2 Å². The van der Waals surface area contributed by atoms with Crippen LogP contribution in [0.3, 0.4) is 0 Å². The van der Waals surface area contributed by atoms with Gasteiger partial charge in [-0.05, 0) is 28.3 Å². The Hall–Kier alpha value is -3.22. The summed E-state index contributed by atoms with van der Waals surface area (Å²) in [5.41, 5.74) is 3.25. The smallest absolute Gasteiger partial charge is 0.271 e. The average Bonchev–Trinajstić information content (AvgIpc) is 3.06. The summed E-state index contributed by atoms with van der Waals surface area (Å²) in [6.07, 6.45) is 0. The van der Waals surface area contributed by atoms with Crippen molar-refractivity contribution in [1.29, 1.82) is 0 Å². The average molecular weight is 465 g/mol. The zero-order chi connectivity index (χ0) is 22.4. The first kappa shape index (κ1) is 19.5. The molecule has 6 nitrogen and oxygen atoms in total. The number of anilines is 1. The quantitative estimate of drug-likeness (QED) is 0.231. The van der Waals surface area contributed by atoms with Gasteiger partial charge in [0.25, 0.3) is 5.69 Å². The number of carbonyl (C=O) groups is 2. The van der Waals surface area contributed by atoms with Crippen LogP contribution in [0.5, 0.6) is 0 Å². The normalized spacial score (nSPS) is 27.2. The van der Waals surface area contributed by atoms with Gasteiger partial charge in [0.05, 0.1) is 27.5 Å². The molecule has 2 amide bonds. The zero-order valence-corrected chi connectivity index (χ0v) is 17.9. The fourth-order valence-electron chi connectivity index (χ4n) is 5.70. The van der Waals surface area contributed by atoms with Crippen molar-refractivity contribution in [2.24, 2.45) is 11.8 Å². The van der Waals surface area contributed by atoms with Gasteiger partial charge in [-0.3, -0.25) is 19.7 Å². The molecule has 158 valence electrons. The second kappa shape index (κ2) is 6.40. The van der Waals surface area contributed by atoms with Crippen molar-refractivity contribution in [3.8, 4) is 0 Å². The molecular formula is C24H14Cl2N2O4. The van der Waals surface area contributed by atoms with Crippen molar-refractivity contribution in [3.63, 3.8) is 0 Å². The molecule has 0 N–H and O–H groups in total. The molecule has 1 heterocycles. The van der Waals surface area contributed by atoms with Gasteiger partial charge in [-0.1, -0.05) is 60.1 Å². The Bertz CT molecular complexity index is 1320. The van der Waals surface area contributed by atoms with Crippen molar-refractivity contribution in [2.45, 2.75) is 10.8 Å². The summed E-state index contributed by atoms with van der Waals surface area (Å²) < 4.78 is 0. The van der Waals surface area contributed by atoms with E-state index in [0.717, 1.165) is 27.2 Å².